The van der Waals surface area contributed by atoms with Crippen molar-refractivity contribution in [1.29, 1.82) is 0 Å². The Bertz CT molecular complexity index is 399. The maximum Gasteiger partial charge on any atom is 0.0828 e. The first-order valence-corrected chi connectivity index (χ1v) is 4.21. The number of nitrogens with zero attached hydrogens (tertiary/aromatic N) is 4. The average molecular weight is 176 g/mol. The van der Waals surface area contributed by atoms with Crippen molar-refractivity contribution in [3.05, 3.63) is 35.9 Å². The highest BCUT2D eigenvalue weighted by atomic mass is 15.3. The monoisotopic (exact) mass is 176 g/mol. The molecule has 4 heteroatoms. The minimum Gasteiger partial charge on any atom is -0.271 e. The third-order valence-electron chi connectivity index (χ3n) is 2.01. The Labute approximate surface area is 76.8 Å². The van der Waals surface area contributed by atoms with E-state index in [-0.39, 0.29) is 0 Å². The molecule has 0 aromatic carbocycles. The van der Waals surface area contributed by atoms with Gasteiger partial charge in [-0.15, -0.1) is 0 Å². The van der Waals surface area contributed by atoms with Gasteiger partial charge in [-0.1, -0.05) is 0 Å². The zero-order valence-corrected chi connectivity index (χ0v) is 7.81. The lowest BCUT2D eigenvalue weighted by Crippen LogP contribution is -2.05. The molecule has 0 aliphatic carbocycles. The second-order valence-corrected chi connectivity index (χ2v) is 3.16. The highest BCUT2D eigenvalue weighted by molar-refractivity contribution is 5.04. The first-order valence-electron chi connectivity index (χ1n) is 4.21. The largest absolute Gasteiger partial charge is 0.271 e. The topological polar surface area (TPSA) is 35.6 Å². The molecule has 2 rings (SSSR count). The highest BCUT2D eigenvalue weighted by Crippen LogP contribution is 2.01. The molecule has 0 fully saturated rings. The molecule has 0 aliphatic heterocycles. The van der Waals surface area contributed by atoms with Crippen molar-refractivity contribution < 1.29 is 0 Å². The van der Waals surface area contributed by atoms with Gasteiger partial charge in [0.05, 0.1) is 18.4 Å². The van der Waals surface area contributed by atoms with Crippen LogP contribution in [-0.2, 0) is 13.6 Å². The Balaban J connectivity index is 2.19. The summed E-state index contributed by atoms with van der Waals surface area (Å²) in [5.41, 5.74) is 2.34. The van der Waals surface area contributed by atoms with Crippen LogP contribution in [-0.4, -0.2) is 19.6 Å². The smallest absolute Gasteiger partial charge is 0.0828 e. The lowest BCUT2D eigenvalue weighted by molar-refractivity contribution is 0.620. The van der Waals surface area contributed by atoms with Crippen molar-refractivity contribution in [2.45, 2.75) is 13.5 Å². The fourth-order valence-electron chi connectivity index (χ4n) is 1.28. The molecule has 0 spiro atoms. The molecule has 0 amide bonds. The molecule has 0 atom stereocenters. The van der Waals surface area contributed by atoms with Crippen molar-refractivity contribution in [2.24, 2.45) is 7.05 Å². The average Bonchev–Trinajstić information content (AvgIpc) is 2.64. The summed E-state index contributed by atoms with van der Waals surface area (Å²) in [4.78, 5) is 0. The van der Waals surface area contributed by atoms with Crippen LogP contribution in [0.5, 0.6) is 0 Å². The Morgan fingerprint density at radius 3 is 2.77 bits per heavy atom. The molecule has 2 heterocycles. The summed E-state index contributed by atoms with van der Waals surface area (Å²) in [6, 6.07) is 2.00. The van der Waals surface area contributed by atoms with Crippen molar-refractivity contribution in [1.82, 2.24) is 19.6 Å². The minimum absolute atomic E-state index is 0.782. The van der Waals surface area contributed by atoms with Gasteiger partial charge in [-0.25, -0.2) is 0 Å². The van der Waals surface area contributed by atoms with Gasteiger partial charge in [-0.05, 0) is 18.6 Å². The minimum atomic E-state index is 0.782. The summed E-state index contributed by atoms with van der Waals surface area (Å²) >= 11 is 0. The Kier molecular flexibility index (Phi) is 1.88. The van der Waals surface area contributed by atoms with Crippen molar-refractivity contribution >= 4 is 0 Å². The summed E-state index contributed by atoms with van der Waals surface area (Å²) < 4.78 is 3.77. The van der Waals surface area contributed by atoms with E-state index in [2.05, 4.69) is 10.2 Å². The van der Waals surface area contributed by atoms with Gasteiger partial charge in [0.1, 0.15) is 0 Å². The number of rotatable bonds is 2. The lowest BCUT2D eigenvalue weighted by atomic mass is 10.4. The third-order valence-corrected chi connectivity index (χ3v) is 2.01. The van der Waals surface area contributed by atoms with Gasteiger partial charge in [0.2, 0.25) is 0 Å². The fourth-order valence-corrected chi connectivity index (χ4v) is 1.28. The molecule has 0 N–H and O–H groups in total. The van der Waals surface area contributed by atoms with Crippen molar-refractivity contribution in [3.63, 3.8) is 0 Å². The van der Waals surface area contributed by atoms with E-state index in [0.717, 1.165) is 12.2 Å². The molecule has 0 bridgehead atoms. The Morgan fingerprint density at radius 2 is 2.23 bits per heavy atom. The summed E-state index contributed by atoms with van der Waals surface area (Å²) in [6.45, 7) is 2.82. The van der Waals surface area contributed by atoms with E-state index in [4.69, 9.17) is 0 Å². The SMILES string of the molecule is Cc1cnn(Cc2ccnn2C)c1. The van der Waals surface area contributed by atoms with E-state index >= 15 is 0 Å². The van der Waals surface area contributed by atoms with Crippen LogP contribution in [0.2, 0.25) is 0 Å². The summed E-state index contributed by atoms with van der Waals surface area (Å²) in [7, 11) is 1.94. The Morgan fingerprint density at radius 1 is 1.38 bits per heavy atom. The second-order valence-electron chi connectivity index (χ2n) is 3.16. The quantitative estimate of drug-likeness (QED) is 0.683. The van der Waals surface area contributed by atoms with Crippen LogP contribution in [0.1, 0.15) is 11.3 Å². The van der Waals surface area contributed by atoms with Gasteiger partial charge < -0.3 is 0 Å². The predicted molar refractivity (Wildman–Crippen MR) is 49.3 cm³/mol. The third kappa shape index (κ3) is 1.61. The van der Waals surface area contributed by atoms with E-state index in [0.29, 0.717) is 0 Å². The molecule has 4 nitrogen and oxygen atoms in total. The molecule has 0 saturated heterocycles. The van der Waals surface area contributed by atoms with E-state index in [1.807, 2.05) is 41.8 Å². The fraction of sp³-hybridized carbons (Fsp3) is 0.333. The first-order chi connectivity index (χ1) is 6.25. The van der Waals surface area contributed by atoms with Crippen LogP contribution in [0, 0.1) is 6.92 Å². The molecule has 2 aromatic rings. The van der Waals surface area contributed by atoms with Gasteiger partial charge in [-0.2, -0.15) is 10.2 Å². The Hall–Kier alpha value is -1.58. The van der Waals surface area contributed by atoms with Crippen LogP contribution in [0.4, 0.5) is 0 Å². The summed E-state index contributed by atoms with van der Waals surface area (Å²) in [5.74, 6) is 0. The second kappa shape index (κ2) is 3.05. The van der Waals surface area contributed by atoms with Crippen LogP contribution >= 0.6 is 0 Å². The number of aromatic nitrogens is 4. The van der Waals surface area contributed by atoms with Gasteiger partial charge in [-0.3, -0.25) is 9.36 Å². The lowest BCUT2D eigenvalue weighted by Gasteiger charge is -2.01. The first kappa shape index (κ1) is 8.04. The molecule has 0 radical (unpaired) electrons. The number of hydrogen-bond donors (Lipinski definition) is 0. The van der Waals surface area contributed by atoms with Crippen molar-refractivity contribution in [2.75, 3.05) is 0 Å². The van der Waals surface area contributed by atoms with Gasteiger partial charge in [0.25, 0.3) is 0 Å². The van der Waals surface area contributed by atoms with Gasteiger partial charge in [0.15, 0.2) is 0 Å². The maximum absolute atomic E-state index is 4.21. The zero-order valence-electron chi connectivity index (χ0n) is 7.81. The van der Waals surface area contributed by atoms with Crippen LogP contribution < -0.4 is 0 Å². The standard InChI is InChI=1S/C9H12N4/c1-8-5-11-13(6-8)7-9-3-4-10-12(9)2/h3-6H,7H2,1-2H3. The van der Waals surface area contributed by atoms with Crippen molar-refractivity contribution in [3.8, 4) is 0 Å². The molecule has 0 aliphatic rings. The van der Waals surface area contributed by atoms with E-state index < -0.39 is 0 Å². The maximum atomic E-state index is 4.21. The molecule has 0 unspecified atom stereocenters. The molecule has 2 aromatic heterocycles. The van der Waals surface area contributed by atoms with Gasteiger partial charge in [0, 0.05) is 19.4 Å². The van der Waals surface area contributed by atoms with Crippen LogP contribution in [0.25, 0.3) is 0 Å². The van der Waals surface area contributed by atoms with E-state index in [1.165, 1.54) is 5.56 Å². The normalized spacial score (nSPS) is 10.6. The van der Waals surface area contributed by atoms with Gasteiger partial charge >= 0.3 is 0 Å². The van der Waals surface area contributed by atoms with Crippen LogP contribution in [0.3, 0.4) is 0 Å². The molecule has 0 saturated carbocycles. The molecule has 13 heavy (non-hydrogen) atoms. The summed E-state index contributed by atoms with van der Waals surface area (Å²) in [6.07, 6.45) is 5.68. The molecular weight excluding hydrogens is 164 g/mol. The number of aryl methyl sites for hydroxylation is 2. The van der Waals surface area contributed by atoms with E-state index in [9.17, 15) is 0 Å². The predicted octanol–water partition coefficient (Wildman–Crippen LogP) is 0.973. The van der Waals surface area contributed by atoms with E-state index in [1.54, 1.807) is 6.20 Å². The highest BCUT2D eigenvalue weighted by Gasteiger charge is 1.99. The van der Waals surface area contributed by atoms with Crippen LogP contribution in [0.15, 0.2) is 24.7 Å². The number of hydrogen-bond acceptors (Lipinski definition) is 2. The molecular formula is C9H12N4. The zero-order chi connectivity index (χ0) is 9.26. The summed E-state index contributed by atoms with van der Waals surface area (Å²) in [5, 5.41) is 8.30. The molecule has 68 valence electrons.